The Morgan fingerprint density at radius 1 is 1.41 bits per heavy atom. The summed E-state index contributed by atoms with van der Waals surface area (Å²) in [5.41, 5.74) is 1.40. The van der Waals surface area contributed by atoms with Crippen molar-refractivity contribution in [2.75, 3.05) is 25.5 Å². The number of nitrogens with one attached hydrogen (secondary N) is 1. The first-order valence-electron chi connectivity index (χ1n) is 8.10. The van der Waals surface area contributed by atoms with Crippen molar-refractivity contribution < 1.29 is 14.1 Å². The highest BCUT2D eigenvalue weighted by molar-refractivity contribution is 5.90. The number of likely N-dealkylation sites (tertiary alicyclic amines) is 1. The average Bonchev–Trinajstić information content (AvgIpc) is 3.30. The zero-order valence-electron chi connectivity index (χ0n) is 13.6. The minimum absolute atomic E-state index is 0.0615. The fourth-order valence-electron chi connectivity index (χ4n) is 3.01. The molecule has 2 heterocycles. The van der Waals surface area contributed by atoms with Crippen LogP contribution in [0.2, 0.25) is 0 Å². The Balaban J connectivity index is 1.66. The molecule has 6 nitrogen and oxygen atoms in total. The van der Waals surface area contributed by atoms with E-state index in [0.717, 1.165) is 55.8 Å². The van der Waals surface area contributed by atoms with Gasteiger partial charge in [-0.15, -0.1) is 0 Å². The van der Waals surface area contributed by atoms with Gasteiger partial charge >= 0.3 is 6.03 Å². The third-order valence-electron chi connectivity index (χ3n) is 4.89. The summed E-state index contributed by atoms with van der Waals surface area (Å²) in [4.78, 5) is 14.4. The van der Waals surface area contributed by atoms with Crippen LogP contribution in [0.1, 0.15) is 56.4 Å². The zero-order valence-corrected chi connectivity index (χ0v) is 13.6. The van der Waals surface area contributed by atoms with Gasteiger partial charge in [0.1, 0.15) is 11.4 Å². The summed E-state index contributed by atoms with van der Waals surface area (Å²) in [6.45, 7) is 5.45. The number of rotatable bonds is 3. The van der Waals surface area contributed by atoms with Crippen molar-refractivity contribution in [2.45, 2.75) is 57.5 Å². The molecular formula is C16H25N3O3. The molecule has 1 aliphatic heterocycles. The largest absolute Gasteiger partial charge is 0.378 e. The third kappa shape index (κ3) is 3.11. The lowest BCUT2D eigenvalue weighted by molar-refractivity contribution is -0.00491. The highest BCUT2D eigenvalue weighted by atomic mass is 16.5. The standard InChI is InChI=1S/C16H25N3O3/c1-11-13(14(22-18-11)12-5-6-12)17-15(20)19-9-4-7-16(2,21-3)8-10-19/h12H,4-10H2,1-3H3,(H,17,20). The lowest BCUT2D eigenvalue weighted by Crippen LogP contribution is -2.37. The summed E-state index contributed by atoms with van der Waals surface area (Å²) in [7, 11) is 1.75. The SMILES string of the molecule is COC1(C)CCCN(C(=O)Nc2c(C)noc2C2CC2)CC1. The maximum Gasteiger partial charge on any atom is 0.321 e. The fourth-order valence-corrected chi connectivity index (χ4v) is 3.01. The van der Waals surface area contributed by atoms with E-state index < -0.39 is 0 Å². The molecule has 0 spiro atoms. The van der Waals surface area contributed by atoms with E-state index in [2.05, 4.69) is 17.4 Å². The molecule has 2 fully saturated rings. The number of anilines is 1. The number of aromatic nitrogens is 1. The van der Waals surface area contributed by atoms with Crippen molar-refractivity contribution in [3.05, 3.63) is 11.5 Å². The highest BCUT2D eigenvalue weighted by Crippen LogP contribution is 2.44. The van der Waals surface area contributed by atoms with E-state index in [0.29, 0.717) is 12.5 Å². The number of hydrogen-bond donors (Lipinski definition) is 1. The van der Waals surface area contributed by atoms with Gasteiger partial charge in [0.15, 0.2) is 5.76 Å². The summed E-state index contributed by atoms with van der Waals surface area (Å²) in [5.74, 6) is 1.26. The summed E-state index contributed by atoms with van der Waals surface area (Å²) >= 11 is 0. The van der Waals surface area contributed by atoms with E-state index in [4.69, 9.17) is 9.26 Å². The Bertz CT molecular complexity index is 553. The minimum atomic E-state index is -0.124. The molecule has 1 aromatic rings. The van der Waals surface area contributed by atoms with Gasteiger partial charge in [0.2, 0.25) is 0 Å². The van der Waals surface area contributed by atoms with Gasteiger partial charge in [-0.25, -0.2) is 4.79 Å². The predicted molar refractivity (Wildman–Crippen MR) is 83.1 cm³/mol. The molecule has 0 aromatic carbocycles. The van der Waals surface area contributed by atoms with Crippen LogP contribution in [0.25, 0.3) is 0 Å². The van der Waals surface area contributed by atoms with Gasteiger partial charge in [-0.05, 0) is 46.0 Å². The van der Waals surface area contributed by atoms with E-state index in [1.807, 2.05) is 11.8 Å². The molecule has 2 amide bonds. The number of carbonyl (C=O) groups is 1. The van der Waals surface area contributed by atoms with Crippen LogP contribution in [-0.2, 0) is 4.74 Å². The number of methoxy groups -OCH3 is 1. The second-order valence-corrected chi connectivity index (χ2v) is 6.71. The maximum atomic E-state index is 12.6. The van der Waals surface area contributed by atoms with Crippen LogP contribution in [-0.4, -0.2) is 41.9 Å². The molecule has 0 radical (unpaired) electrons. The van der Waals surface area contributed by atoms with Crippen molar-refractivity contribution >= 4 is 11.7 Å². The van der Waals surface area contributed by atoms with E-state index in [-0.39, 0.29) is 11.6 Å². The monoisotopic (exact) mass is 307 g/mol. The first-order valence-corrected chi connectivity index (χ1v) is 8.10. The number of carbonyl (C=O) groups excluding carboxylic acids is 1. The third-order valence-corrected chi connectivity index (χ3v) is 4.89. The Kier molecular flexibility index (Phi) is 4.12. The molecule has 1 N–H and O–H groups in total. The second kappa shape index (κ2) is 5.91. The number of urea groups is 1. The van der Waals surface area contributed by atoms with Crippen molar-refractivity contribution in [1.29, 1.82) is 0 Å². The number of aryl methyl sites for hydroxylation is 1. The van der Waals surface area contributed by atoms with Gasteiger partial charge in [-0.2, -0.15) is 0 Å². The molecule has 1 aromatic heterocycles. The van der Waals surface area contributed by atoms with E-state index in [1.54, 1.807) is 7.11 Å². The van der Waals surface area contributed by atoms with Gasteiger partial charge in [0.25, 0.3) is 0 Å². The normalized spacial score (nSPS) is 25.9. The van der Waals surface area contributed by atoms with E-state index in [9.17, 15) is 4.79 Å². The molecule has 1 aliphatic carbocycles. The molecule has 122 valence electrons. The van der Waals surface area contributed by atoms with Crippen LogP contribution >= 0.6 is 0 Å². The maximum absolute atomic E-state index is 12.6. The molecule has 1 unspecified atom stereocenters. The first kappa shape index (κ1) is 15.3. The summed E-state index contributed by atoms with van der Waals surface area (Å²) in [6, 6.07) is -0.0615. The molecule has 1 atom stereocenters. The lowest BCUT2D eigenvalue weighted by atomic mass is 9.97. The molecule has 0 bridgehead atoms. The molecule has 2 aliphatic rings. The molecule has 6 heteroatoms. The average molecular weight is 307 g/mol. The lowest BCUT2D eigenvalue weighted by Gasteiger charge is -2.26. The zero-order chi connectivity index (χ0) is 15.7. The predicted octanol–water partition coefficient (Wildman–Crippen LogP) is 3.28. The van der Waals surface area contributed by atoms with Gasteiger partial charge in [-0.1, -0.05) is 5.16 Å². The van der Waals surface area contributed by atoms with Crippen LogP contribution in [0.5, 0.6) is 0 Å². The Morgan fingerprint density at radius 2 is 2.18 bits per heavy atom. The van der Waals surface area contributed by atoms with Crippen molar-refractivity contribution in [1.82, 2.24) is 10.1 Å². The molecule has 3 rings (SSSR count). The first-order chi connectivity index (χ1) is 10.5. The van der Waals surface area contributed by atoms with E-state index in [1.165, 1.54) is 0 Å². The van der Waals surface area contributed by atoms with Crippen molar-refractivity contribution in [3.8, 4) is 0 Å². The summed E-state index contributed by atoms with van der Waals surface area (Å²) in [6.07, 6.45) is 5.03. The minimum Gasteiger partial charge on any atom is -0.378 e. The number of amides is 2. The molecule has 22 heavy (non-hydrogen) atoms. The van der Waals surface area contributed by atoms with Crippen LogP contribution in [0.4, 0.5) is 10.5 Å². The summed E-state index contributed by atoms with van der Waals surface area (Å²) < 4.78 is 11.0. The second-order valence-electron chi connectivity index (χ2n) is 6.71. The van der Waals surface area contributed by atoms with Crippen LogP contribution in [0.15, 0.2) is 4.52 Å². The van der Waals surface area contributed by atoms with Crippen LogP contribution < -0.4 is 5.32 Å². The number of hydrogen-bond acceptors (Lipinski definition) is 4. The fraction of sp³-hybridized carbons (Fsp3) is 0.750. The van der Waals surface area contributed by atoms with Crippen LogP contribution in [0, 0.1) is 6.92 Å². The summed E-state index contributed by atoms with van der Waals surface area (Å²) in [5, 5.41) is 7.02. The molecule has 1 saturated heterocycles. The Hall–Kier alpha value is -1.56. The van der Waals surface area contributed by atoms with Gasteiger partial charge < -0.3 is 19.5 Å². The van der Waals surface area contributed by atoms with Crippen LogP contribution in [0.3, 0.4) is 0 Å². The Morgan fingerprint density at radius 3 is 2.86 bits per heavy atom. The number of ether oxygens (including phenoxy) is 1. The quantitative estimate of drug-likeness (QED) is 0.930. The van der Waals surface area contributed by atoms with Gasteiger partial charge in [0.05, 0.1) is 5.60 Å². The van der Waals surface area contributed by atoms with Crippen molar-refractivity contribution in [2.24, 2.45) is 0 Å². The topological polar surface area (TPSA) is 67.6 Å². The van der Waals surface area contributed by atoms with E-state index >= 15 is 0 Å². The van der Waals surface area contributed by atoms with Crippen molar-refractivity contribution in [3.63, 3.8) is 0 Å². The molecule has 1 saturated carbocycles. The van der Waals surface area contributed by atoms with Gasteiger partial charge in [0, 0.05) is 26.1 Å². The smallest absolute Gasteiger partial charge is 0.321 e. The highest BCUT2D eigenvalue weighted by Gasteiger charge is 2.34. The molecular weight excluding hydrogens is 282 g/mol. The van der Waals surface area contributed by atoms with Gasteiger partial charge in [-0.3, -0.25) is 0 Å². The number of nitrogens with zero attached hydrogens (tertiary/aromatic N) is 2. The Labute approximate surface area is 131 Å².